The van der Waals surface area contributed by atoms with Gasteiger partial charge in [0.2, 0.25) is 0 Å². The van der Waals surface area contributed by atoms with Gasteiger partial charge in [-0.3, -0.25) is 4.79 Å². The molecule has 21 heavy (non-hydrogen) atoms. The quantitative estimate of drug-likeness (QED) is 0.873. The van der Waals surface area contributed by atoms with Crippen LogP contribution in [0, 0.1) is 0 Å². The SMILES string of the molecule is COc1cc(C(=O)N2CCCC2CN)cc(OC)c1Br.Cl. The second-order valence-electron chi connectivity index (χ2n) is 4.73. The number of nitrogens with zero attached hydrogens (tertiary/aromatic N) is 1. The maximum atomic E-state index is 12.6. The van der Waals surface area contributed by atoms with Gasteiger partial charge < -0.3 is 20.1 Å². The van der Waals surface area contributed by atoms with E-state index in [-0.39, 0.29) is 24.4 Å². The summed E-state index contributed by atoms with van der Waals surface area (Å²) < 4.78 is 11.2. The van der Waals surface area contributed by atoms with Gasteiger partial charge in [-0.2, -0.15) is 0 Å². The number of rotatable bonds is 4. The monoisotopic (exact) mass is 378 g/mol. The minimum Gasteiger partial charge on any atom is -0.495 e. The Morgan fingerprint density at radius 3 is 2.43 bits per heavy atom. The molecule has 0 bridgehead atoms. The normalized spacial score (nSPS) is 17.3. The van der Waals surface area contributed by atoms with Crippen LogP contribution < -0.4 is 15.2 Å². The average Bonchev–Trinajstić information content (AvgIpc) is 2.95. The molecule has 0 radical (unpaired) electrons. The molecular formula is C14H20BrClN2O3. The van der Waals surface area contributed by atoms with Crippen LogP contribution in [0.3, 0.4) is 0 Å². The molecule has 2 rings (SSSR count). The molecule has 0 saturated carbocycles. The Labute approximate surface area is 139 Å². The molecule has 1 aliphatic rings. The van der Waals surface area contributed by atoms with Gasteiger partial charge in [0.25, 0.3) is 5.91 Å². The number of hydrogen-bond acceptors (Lipinski definition) is 4. The number of methoxy groups -OCH3 is 2. The Kier molecular flexibility index (Phi) is 6.77. The second-order valence-corrected chi connectivity index (χ2v) is 5.52. The van der Waals surface area contributed by atoms with Crippen molar-refractivity contribution in [2.75, 3.05) is 27.3 Å². The topological polar surface area (TPSA) is 64.8 Å². The van der Waals surface area contributed by atoms with Crippen LogP contribution in [0.25, 0.3) is 0 Å². The van der Waals surface area contributed by atoms with Crippen molar-refractivity contribution in [2.45, 2.75) is 18.9 Å². The summed E-state index contributed by atoms with van der Waals surface area (Å²) in [5.74, 6) is 1.13. The molecule has 7 heteroatoms. The summed E-state index contributed by atoms with van der Waals surface area (Å²) in [5.41, 5.74) is 6.28. The highest BCUT2D eigenvalue weighted by Crippen LogP contribution is 2.36. The van der Waals surface area contributed by atoms with E-state index in [9.17, 15) is 4.79 Å². The summed E-state index contributed by atoms with van der Waals surface area (Å²) in [7, 11) is 3.12. The van der Waals surface area contributed by atoms with E-state index in [1.165, 1.54) is 0 Å². The van der Waals surface area contributed by atoms with Crippen molar-refractivity contribution in [2.24, 2.45) is 5.73 Å². The standard InChI is InChI=1S/C14H19BrN2O3.ClH/c1-19-11-6-9(7-12(20-2)13(11)15)14(18)17-5-3-4-10(17)8-16;/h6-7,10H,3-5,8,16H2,1-2H3;1H. The number of nitrogens with two attached hydrogens (primary N) is 1. The third-order valence-corrected chi connectivity index (χ3v) is 4.38. The number of ether oxygens (including phenoxy) is 2. The van der Waals surface area contributed by atoms with Crippen molar-refractivity contribution >= 4 is 34.2 Å². The Morgan fingerprint density at radius 1 is 1.38 bits per heavy atom. The molecule has 0 aliphatic carbocycles. The lowest BCUT2D eigenvalue weighted by molar-refractivity contribution is 0.0740. The Balaban J connectivity index is 0.00000220. The van der Waals surface area contributed by atoms with Crippen molar-refractivity contribution in [1.82, 2.24) is 4.90 Å². The number of amides is 1. The van der Waals surface area contributed by atoms with E-state index < -0.39 is 0 Å². The van der Waals surface area contributed by atoms with E-state index in [0.29, 0.717) is 28.1 Å². The Morgan fingerprint density at radius 2 is 1.95 bits per heavy atom. The fourth-order valence-electron chi connectivity index (χ4n) is 2.51. The van der Waals surface area contributed by atoms with Crippen molar-refractivity contribution in [1.29, 1.82) is 0 Å². The molecule has 1 atom stereocenters. The number of halogens is 2. The molecule has 0 spiro atoms. The summed E-state index contributed by atoms with van der Waals surface area (Å²) in [6, 6.07) is 3.57. The van der Waals surface area contributed by atoms with E-state index in [2.05, 4.69) is 15.9 Å². The second kappa shape index (κ2) is 7.87. The lowest BCUT2D eigenvalue weighted by Crippen LogP contribution is -2.39. The lowest BCUT2D eigenvalue weighted by Gasteiger charge is -2.24. The van der Waals surface area contributed by atoms with Gasteiger partial charge >= 0.3 is 0 Å². The molecule has 1 saturated heterocycles. The number of likely N-dealkylation sites (tertiary alicyclic amines) is 1. The summed E-state index contributed by atoms with van der Waals surface area (Å²) in [6.07, 6.45) is 1.96. The minimum absolute atomic E-state index is 0. The van der Waals surface area contributed by atoms with Crippen molar-refractivity contribution < 1.29 is 14.3 Å². The lowest BCUT2D eigenvalue weighted by atomic mass is 10.1. The van der Waals surface area contributed by atoms with Crippen LogP contribution >= 0.6 is 28.3 Å². The molecule has 0 aromatic heterocycles. The van der Waals surface area contributed by atoms with Gasteiger partial charge in [-0.15, -0.1) is 12.4 Å². The first-order chi connectivity index (χ1) is 9.62. The molecule has 1 heterocycles. The van der Waals surface area contributed by atoms with E-state index in [1.54, 1.807) is 26.4 Å². The molecule has 2 N–H and O–H groups in total. The smallest absolute Gasteiger partial charge is 0.254 e. The van der Waals surface area contributed by atoms with Crippen LogP contribution in [0.1, 0.15) is 23.2 Å². The zero-order chi connectivity index (χ0) is 14.7. The summed E-state index contributed by atoms with van der Waals surface area (Å²) in [4.78, 5) is 14.4. The first-order valence-electron chi connectivity index (χ1n) is 6.55. The maximum absolute atomic E-state index is 12.6. The van der Waals surface area contributed by atoms with Gasteiger partial charge in [-0.1, -0.05) is 0 Å². The molecule has 1 unspecified atom stereocenters. The molecule has 1 aromatic rings. The van der Waals surface area contributed by atoms with E-state index in [1.807, 2.05) is 4.90 Å². The van der Waals surface area contributed by atoms with Gasteiger partial charge in [0.15, 0.2) is 0 Å². The highest BCUT2D eigenvalue weighted by Gasteiger charge is 2.29. The van der Waals surface area contributed by atoms with Crippen molar-refractivity contribution in [3.63, 3.8) is 0 Å². The first kappa shape index (κ1) is 18.1. The highest BCUT2D eigenvalue weighted by atomic mass is 79.9. The molecule has 1 fully saturated rings. The Bertz CT molecular complexity index is 488. The first-order valence-corrected chi connectivity index (χ1v) is 7.34. The zero-order valence-corrected chi connectivity index (χ0v) is 14.5. The predicted octanol–water partition coefficient (Wildman–Crippen LogP) is 2.45. The van der Waals surface area contributed by atoms with Gasteiger partial charge in [0.1, 0.15) is 16.0 Å². The number of carbonyl (C=O) groups is 1. The van der Waals surface area contributed by atoms with Gasteiger partial charge in [-0.25, -0.2) is 0 Å². The average molecular weight is 380 g/mol. The van der Waals surface area contributed by atoms with E-state index >= 15 is 0 Å². The molecular weight excluding hydrogens is 360 g/mol. The third-order valence-electron chi connectivity index (χ3n) is 3.60. The van der Waals surface area contributed by atoms with Gasteiger partial charge in [-0.05, 0) is 40.9 Å². The van der Waals surface area contributed by atoms with Gasteiger partial charge in [0.05, 0.1) is 14.2 Å². The van der Waals surface area contributed by atoms with Crippen LogP contribution in [0.5, 0.6) is 11.5 Å². The van der Waals surface area contributed by atoms with Crippen molar-refractivity contribution in [3.8, 4) is 11.5 Å². The van der Waals surface area contributed by atoms with Crippen LogP contribution in [0.2, 0.25) is 0 Å². The van der Waals surface area contributed by atoms with E-state index in [4.69, 9.17) is 15.2 Å². The highest BCUT2D eigenvalue weighted by molar-refractivity contribution is 9.10. The fraction of sp³-hybridized carbons (Fsp3) is 0.500. The number of benzene rings is 1. The minimum atomic E-state index is -0.0259. The van der Waals surface area contributed by atoms with E-state index in [0.717, 1.165) is 19.4 Å². The summed E-state index contributed by atoms with van der Waals surface area (Å²) >= 11 is 3.40. The fourth-order valence-corrected chi connectivity index (χ4v) is 3.06. The molecule has 1 aromatic carbocycles. The van der Waals surface area contributed by atoms with Crippen LogP contribution in [0.15, 0.2) is 16.6 Å². The number of carbonyl (C=O) groups excluding carboxylic acids is 1. The van der Waals surface area contributed by atoms with Crippen LogP contribution in [-0.2, 0) is 0 Å². The maximum Gasteiger partial charge on any atom is 0.254 e. The summed E-state index contributed by atoms with van der Waals surface area (Å²) in [5, 5.41) is 0. The molecule has 5 nitrogen and oxygen atoms in total. The Hall–Kier alpha value is -0.980. The largest absolute Gasteiger partial charge is 0.495 e. The molecule has 118 valence electrons. The predicted molar refractivity (Wildman–Crippen MR) is 87.6 cm³/mol. The van der Waals surface area contributed by atoms with Crippen LogP contribution in [-0.4, -0.2) is 44.2 Å². The van der Waals surface area contributed by atoms with Crippen molar-refractivity contribution in [3.05, 3.63) is 22.2 Å². The molecule has 1 amide bonds. The molecule has 1 aliphatic heterocycles. The zero-order valence-electron chi connectivity index (χ0n) is 12.1. The van der Waals surface area contributed by atoms with Crippen LogP contribution in [0.4, 0.5) is 0 Å². The third kappa shape index (κ3) is 3.62. The summed E-state index contributed by atoms with van der Waals surface area (Å²) in [6.45, 7) is 1.25. The number of hydrogen-bond donors (Lipinski definition) is 1. The van der Waals surface area contributed by atoms with Gasteiger partial charge in [0, 0.05) is 24.7 Å².